The standard InChI is InChI=1S/C12H20O3/c1-2-3-4-5-10-9(8-12(14)15)6-7-11(10)13/h3-4,9-11,13H,2,5-8H2,1H3,(H,14,15)/b4-3-/t9-,10-,11?/m1/s1. The van der Waals surface area contributed by atoms with Crippen LogP contribution in [0.15, 0.2) is 12.2 Å². The molecule has 0 saturated heterocycles. The van der Waals surface area contributed by atoms with Crippen molar-refractivity contribution in [3.8, 4) is 0 Å². The van der Waals surface area contributed by atoms with E-state index in [1.165, 1.54) is 0 Å². The van der Waals surface area contributed by atoms with Gasteiger partial charge in [0.05, 0.1) is 6.10 Å². The second-order valence-electron chi connectivity index (χ2n) is 4.28. The van der Waals surface area contributed by atoms with E-state index in [1.54, 1.807) is 0 Å². The molecule has 1 unspecified atom stereocenters. The normalized spacial score (nSPS) is 31.2. The molecule has 3 atom stereocenters. The summed E-state index contributed by atoms with van der Waals surface area (Å²) in [6, 6.07) is 0. The quantitative estimate of drug-likeness (QED) is 0.687. The minimum absolute atomic E-state index is 0.142. The summed E-state index contributed by atoms with van der Waals surface area (Å²) in [7, 11) is 0. The summed E-state index contributed by atoms with van der Waals surface area (Å²) in [5.41, 5.74) is 0. The average molecular weight is 212 g/mol. The van der Waals surface area contributed by atoms with Gasteiger partial charge >= 0.3 is 5.97 Å². The monoisotopic (exact) mass is 212 g/mol. The number of carboxylic acid groups (broad SMARTS) is 1. The van der Waals surface area contributed by atoms with Gasteiger partial charge in [0.15, 0.2) is 0 Å². The van der Waals surface area contributed by atoms with Gasteiger partial charge in [0.2, 0.25) is 0 Å². The molecule has 1 fully saturated rings. The summed E-state index contributed by atoms with van der Waals surface area (Å²) < 4.78 is 0. The van der Waals surface area contributed by atoms with Crippen molar-refractivity contribution in [2.45, 2.75) is 45.1 Å². The zero-order valence-corrected chi connectivity index (χ0v) is 9.22. The lowest BCUT2D eigenvalue weighted by Crippen LogP contribution is -2.20. The van der Waals surface area contributed by atoms with Crippen molar-refractivity contribution < 1.29 is 15.0 Å². The molecule has 86 valence electrons. The molecule has 1 aliphatic rings. The van der Waals surface area contributed by atoms with Crippen LogP contribution in [0.5, 0.6) is 0 Å². The van der Waals surface area contributed by atoms with Gasteiger partial charge in [0.25, 0.3) is 0 Å². The number of aliphatic hydroxyl groups excluding tert-OH is 1. The smallest absolute Gasteiger partial charge is 0.303 e. The Bertz CT molecular complexity index is 235. The highest BCUT2D eigenvalue weighted by atomic mass is 16.4. The molecule has 0 aliphatic heterocycles. The predicted molar refractivity (Wildman–Crippen MR) is 58.5 cm³/mol. The number of carbonyl (C=O) groups is 1. The molecule has 0 aromatic rings. The van der Waals surface area contributed by atoms with E-state index in [-0.39, 0.29) is 24.4 Å². The van der Waals surface area contributed by atoms with Crippen LogP contribution in [0.25, 0.3) is 0 Å². The maximum Gasteiger partial charge on any atom is 0.303 e. The minimum atomic E-state index is -0.751. The van der Waals surface area contributed by atoms with E-state index in [2.05, 4.69) is 19.1 Å². The van der Waals surface area contributed by atoms with E-state index >= 15 is 0 Å². The molecule has 0 aromatic heterocycles. The molecule has 0 heterocycles. The van der Waals surface area contributed by atoms with Gasteiger partial charge in [-0.25, -0.2) is 0 Å². The van der Waals surface area contributed by atoms with Crippen LogP contribution in [-0.4, -0.2) is 22.3 Å². The molecule has 1 saturated carbocycles. The maximum absolute atomic E-state index is 10.6. The highest BCUT2D eigenvalue weighted by molar-refractivity contribution is 5.67. The first-order valence-electron chi connectivity index (χ1n) is 5.70. The molecule has 0 bridgehead atoms. The van der Waals surface area contributed by atoms with E-state index in [0.29, 0.717) is 0 Å². The maximum atomic E-state index is 10.6. The van der Waals surface area contributed by atoms with E-state index in [4.69, 9.17) is 5.11 Å². The van der Waals surface area contributed by atoms with Crippen molar-refractivity contribution in [1.29, 1.82) is 0 Å². The third kappa shape index (κ3) is 3.67. The topological polar surface area (TPSA) is 57.5 Å². The van der Waals surface area contributed by atoms with Gasteiger partial charge in [-0.2, -0.15) is 0 Å². The number of aliphatic carboxylic acids is 1. The van der Waals surface area contributed by atoms with Crippen molar-refractivity contribution in [2.24, 2.45) is 11.8 Å². The molecule has 0 spiro atoms. The number of hydrogen-bond acceptors (Lipinski definition) is 2. The molecule has 2 N–H and O–H groups in total. The molecular weight excluding hydrogens is 192 g/mol. The molecule has 1 aliphatic carbocycles. The Morgan fingerprint density at radius 2 is 2.13 bits per heavy atom. The molecular formula is C12H20O3. The lowest BCUT2D eigenvalue weighted by Gasteiger charge is -2.18. The van der Waals surface area contributed by atoms with Gasteiger partial charge in [-0.05, 0) is 37.5 Å². The second-order valence-corrected chi connectivity index (χ2v) is 4.28. The Labute approximate surface area is 90.8 Å². The SMILES string of the molecule is CC/C=C\C[C@H]1C(O)CC[C@@H]1CC(=O)O. The zero-order chi connectivity index (χ0) is 11.3. The number of rotatable bonds is 5. The van der Waals surface area contributed by atoms with Crippen LogP contribution in [0.3, 0.4) is 0 Å². The first-order valence-corrected chi connectivity index (χ1v) is 5.70. The van der Waals surface area contributed by atoms with Crippen molar-refractivity contribution in [3.63, 3.8) is 0 Å². The van der Waals surface area contributed by atoms with Gasteiger partial charge in [-0.15, -0.1) is 0 Å². The fraction of sp³-hybridized carbons (Fsp3) is 0.750. The number of carboxylic acids is 1. The summed E-state index contributed by atoms with van der Waals surface area (Å²) in [5.74, 6) is -0.457. The molecule has 0 aromatic carbocycles. The third-order valence-electron chi connectivity index (χ3n) is 3.18. The highest BCUT2D eigenvalue weighted by Gasteiger charge is 2.34. The van der Waals surface area contributed by atoms with Gasteiger partial charge in [0.1, 0.15) is 0 Å². The predicted octanol–water partition coefficient (Wildman–Crippen LogP) is 2.20. The molecule has 3 heteroatoms. The van der Waals surface area contributed by atoms with Crippen molar-refractivity contribution in [3.05, 3.63) is 12.2 Å². The Hall–Kier alpha value is -0.830. The zero-order valence-electron chi connectivity index (χ0n) is 9.22. The molecule has 15 heavy (non-hydrogen) atoms. The number of aliphatic hydroxyl groups is 1. The highest BCUT2D eigenvalue weighted by Crippen LogP contribution is 2.36. The van der Waals surface area contributed by atoms with Gasteiger partial charge < -0.3 is 10.2 Å². The third-order valence-corrected chi connectivity index (χ3v) is 3.18. The summed E-state index contributed by atoms with van der Waals surface area (Å²) in [6.45, 7) is 2.07. The van der Waals surface area contributed by atoms with E-state index < -0.39 is 5.97 Å². The second kappa shape index (κ2) is 5.91. The van der Waals surface area contributed by atoms with Crippen LogP contribution in [0.2, 0.25) is 0 Å². The van der Waals surface area contributed by atoms with Crippen LogP contribution in [0.1, 0.15) is 39.0 Å². The summed E-state index contributed by atoms with van der Waals surface area (Å²) in [6.07, 6.45) is 7.43. The summed E-state index contributed by atoms with van der Waals surface area (Å²) >= 11 is 0. The van der Waals surface area contributed by atoms with Crippen LogP contribution < -0.4 is 0 Å². The van der Waals surface area contributed by atoms with E-state index in [1.807, 2.05) is 0 Å². The average Bonchev–Trinajstić information content (AvgIpc) is 2.49. The minimum Gasteiger partial charge on any atom is -0.481 e. The number of allylic oxidation sites excluding steroid dienone is 2. The largest absolute Gasteiger partial charge is 0.481 e. The van der Waals surface area contributed by atoms with Gasteiger partial charge in [-0.1, -0.05) is 19.1 Å². The van der Waals surface area contributed by atoms with Crippen molar-refractivity contribution in [2.75, 3.05) is 0 Å². The molecule has 0 radical (unpaired) electrons. The fourth-order valence-corrected chi connectivity index (χ4v) is 2.37. The molecule has 3 nitrogen and oxygen atoms in total. The Morgan fingerprint density at radius 1 is 1.40 bits per heavy atom. The van der Waals surface area contributed by atoms with E-state index in [9.17, 15) is 9.90 Å². The summed E-state index contributed by atoms with van der Waals surface area (Å²) in [5, 5.41) is 18.5. The first-order chi connectivity index (χ1) is 7.15. The van der Waals surface area contributed by atoms with Crippen LogP contribution in [0.4, 0.5) is 0 Å². The lowest BCUT2D eigenvalue weighted by molar-refractivity contribution is -0.138. The van der Waals surface area contributed by atoms with Crippen molar-refractivity contribution in [1.82, 2.24) is 0 Å². The van der Waals surface area contributed by atoms with E-state index in [0.717, 1.165) is 25.7 Å². The fourth-order valence-electron chi connectivity index (χ4n) is 2.37. The van der Waals surface area contributed by atoms with Gasteiger partial charge in [-0.3, -0.25) is 4.79 Å². The van der Waals surface area contributed by atoms with Crippen LogP contribution >= 0.6 is 0 Å². The number of hydrogen-bond donors (Lipinski definition) is 2. The molecule has 0 amide bonds. The molecule has 1 rings (SSSR count). The first kappa shape index (κ1) is 12.2. The van der Waals surface area contributed by atoms with Gasteiger partial charge in [0, 0.05) is 6.42 Å². The van der Waals surface area contributed by atoms with Crippen LogP contribution in [0, 0.1) is 11.8 Å². The lowest BCUT2D eigenvalue weighted by atomic mass is 9.89. The Balaban J connectivity index is 2.48. The van der Waals surface area contributed by atoms with Crippen molar-refractivity contribution >= 4 is 5.97 Å². The Kier molecular flexibility index (Phi) is 4.82. The van der Waals surface area contributed by atoms with Crippen LogP contribution in [-0.2, 0) is 4.79 Å². The Morgan fingerprint density at radius 3 is 2.73 bits per heavy atom. The summed E-state index contributed by atoms with van der Waals surface area (Å²) in [4.78, 5) is 10.6.